The van der Waals surface area contributed by atoms with Gasteiger partial charge in [0.2, 0.25) is 5.91 Å². The minimum absolute atomic E-state index is 0.134. The van der Waals surface area contributed by atoms with Crippen LogP contribution < -0.4 is 20.1 Å². The fourth-order valence-corrected chi connectivity index (χ4v) is 4.86. The summed E-state index contributed by atoms with van der Waals surface area (Å²) in [4.78, 5) is 63.3. The topological polar surface area (TPSA) is 140 Å². The SMILES string of the molecule is Cc1ccc(NC(=O)COC(=O)c2ccc(/C=C3\SC(=O)N(CC(=O)Nc4ccc5c(c4)OCCO5)C3=O)cc2)cc1. The second kappa shape index (κ2) is 12.6. The molecule has 2 N–H and O–H groups in total. The van der Waals surface area contributed by atoms with Crippen LogP contribution in [0.1, 0.15) is 21.5 Å². The highest BCUT2D eigenvalue weighted by Gasteiger charge is 2.36. The first-order valence-corrected chi connectivity index (χ1v) is 13.7. The van der Waals surface area contributed by atoms with Gasteiger partial charge in [0, 0.05) is 17.4 Å². The molecule has 0 bridgehead atoms. The molecule has 12 heteroatoms. The molecule has 0 aromatic heterocycles. The minimum Gasteiger partial charge on any atom is -0.486 e. The van der Waals surface area contributed by atoms with Gasteiger partial charge < -0.3 is 24.8 Å². The van der Waals surface area contributed by atoms with E-state index < -0.39 is 42.1 Å². The number of carbonyl (C=O) groups excluding carboxylic acids is 5. The highest BCUT2D eigenvalue weighted by molar-refractivity contribution is 8.18. The van der Waals surface area contributed by atoms with E-state index in [1.165, 1.54) is 18.2 Å². The van der Waals surface area contributed by atoms with Crippen molar-refractivity contribution in [2.24, 2.45) is 0 Å². The van der Waals surface area contributed by atoms with Crippen LogP contribution in [0.5, 0.6) is 11.5 Å². The number of rotatable bonds is 8. The molecule has 4 amide bonds. The lowest BCUT2D eigenvalue weighted by Gasteiger charge is -2.19. The number of esters is 1. The first-order chi connectivity index (χ1) is 20.2. The molecule has 42 heavy (non-hydrogen) atoms. The third-order valence-corrected chi connectivity index (χ3v) is 7.02. The lowest BCUT2D eigenvalue weighted by atomic mass is 10.1. The Hall–Kier alpha value is -5.10. The fourth-order valence-electron chi connectivity index (χ4n) is 4.02. The molecule has 1 saturated heterocycles. The Kier molecular flexibility index (Phi) is 8.53. The van der Waals surface area contributed by atoms with Crippen molar-refractivity contribution in [3.05, 3.63) is 88.3 Å². The maximum absolute atomic E-state index is 12.9. The van der Waals surface area contributed by atoms with Gasteiger partial charge >= 0.3 is 5.97 Å². The number of hydrogen-bond acceptors (Lipinski definition) is 9. The Bertz CT molecular complexity index is 1590. The number of imide groups is 1. The number of aryl methyl sites for hydroxylation is 1. The normalized spacial score (nSPS) is 15.0. The average molecular weight is 588 g/mol. The Morgan fingerprint density at radius 3 is 2.29 bits per heavy atom. The van der Waals surface area contributed by atoms with Gasteiger partial charge in [0.05, 0.1) is 10.5 Å². The number of fused-ring (bicyclic) bond motifs is 1. The number of anilines is 2. The maximum atomic E-state index is 12.9. The third kappa shape index (κ3) is 6.96. The highest BCUT2D eigenvalue weighted by Crippen LogP contribution is 2.34. The van der Waals surface area contributed by atoms with E-state index in [1.807, 2.05) is 19.1 Å². The van der Waals surface area contributed by atoms with Crippen molar-refractivity contribution >= 4 is 58.1 Å². The lowest BCUT2D eigenvalue weighted by Crippen LogP contribution is -2.36. The third-order valence-electron chi connectivity index (χ3n) is 6.12. The zero-order chi connectivity index (χ0) is 29.6. The summed E-state index contributed by atoms with van der Waals surface area (Å²) in [6.07, 6.45) is 1.49. The summed E-state index contributed by atoms with van der Waals surface area (Å²) in [5, 5.41) is 4.73. The molecule has 11 nitrogen and oxygen atoms in total. The van der Waals surface area contributed by atoms with Crippen molar-refractivity contribution in [1.29, 1.82) is 0 Å². The van der Waals surface area contributed by atoms with Crippen LogP contribution in [0.4, 0.5) is 16.2 Å². The molecule has 0 atom stereocenters. The predicted octanol–water partition coefficient (Wildman–Crippen LogP) is 4.24. The van der Waals surface area contributed by atoms with Gasteiger partial charge in [-0.25, -0.2) is 4.79 Å². The molecule has 2 aliphatic rings. The summed E-state index contributed by atoms with van der Waals surface area (Å²) >= 11 is 0.713. The number of nitrogens with zero attached hydrogens (tertiary/aromatic N) is 1. The molecule has 0 saturated carbocycles. The van der Waals surface area contributed by atoms with Gasteiger partial charge in [-0.2, -0.15) is 0 Å². The van der Waals surface area contributed by atoms with E-state index >= 15 is 0 Å². The highest BCUT2D eigenvalue weighted by atomic mass is 32.2. The number of hydrogen-bond donors (Lipinski definition) is 2. The molecular formula is C30H25N3O8S. The van der Waals surface area contributed by atoms with Crippen molar-refractivity contribution in [3.63, 3.8) is 0 Å². The standard InChI is InChI=1S/C30H25N3O8S/c1-18-2-8-21(9-3-18)31-27(35)17-41-29(37)20-6-4-19(5-7-20)14-25-28(36)33(30(38)42-25)16-26(34)32-22-10-11-23-24(15-22)40-13-12-39-23/h2-11,14-15H,12-13,16-17H2,1H3,(H,31,35)(H,32,34)/b25-14-. The minimum atomic E-state index is -0.690. The number of thioether (sulfide) groups is 1. The zero-order valence-electron chi connectivity index (χ0n) is 22.4. The van der Waals surface area contributed by atoms with Crippen molar-refractivity contribution in [3.8, 4) is 11.5 Å². The van der Waals surface area contributed by atoms with Crippen molar-refractivity contribution in [1.82, 2.24) is 4.90 Å². The van der Waals surface area contributed by atoms with Crippen LogP contribution in [0.15, 0.2) is 71.6 Å². The first-order valence-electron chi connectivity index (χ1n) is 12.8. The van der Waals surface area contributed by atoms with Crippen LogP contribution in [0.2, 0.25) is 0 Å². The van der Waals surface area contributed by atoms with Crippen LogP contribution in [-0.2, 0) is 19.1 Å². The number of amides is 4. The van der Waals surface area contributed by atoms with Crippen LogP contribution >= 0.6 is 11.8 Å². The molecule has 0 aliphatic carbocycles. The smallest absolute Gasteiger partial charge is 0.338 e. The molecule has 0 radical (unpaired) electrons. The molecule has 2 aliphatic heterocycles. The molecule has 214 valence electrons. The molecule has 3 aromatic carbocycles. The van der Waals surface area contributed by atoms with E-state index in [0.717, 1.165) is 10.5 Å². The Morgan fingerprint density at radius 2 is 1.55 bits per heavy atom. The zero-order valence-corrected chi connectivity index (χ0v) is 23.2. The molecule has 3 aromatic rings. The monoisotopic (exact) mass is 587 g/mol. The van der Waals surface area contributed by atoms with Crippen LogP contribution in [0.3, 0.4) is 0 Å². The summed E-state index contributed by atoms with van der Waals surface area (Å²) < 4.78 is 16.0. The summed E-state index contributed by atoms with van der Waals surface area (Å²) in [6, 6.07) is 18.2. The van der Waals surface area contributed by atoms with Crippen LogP contribution in [0, 0.1) is 6.92 Å². The van der Waals surface area contributed by atoms with E-state index in [4.69, 9.17) is 14.2 Å². The van der Waals surface area contributed by atoms with Gasteiger partial charge in [-0.05, 0) is 66.7 Å². The lowest BCUT2D eigenvalue weighted by molar-refractivity contribution is -0.127. The van der Waals surface area contributed by atoms with Crippen LogP contribution in [0.25, 0.3) is 6.08 Å². The van der Waals surface area contributed by atoms with Gasteiger partial charge in [0.1, 0.15) is 19.8 Å². The van der Waals surface area contributed by atoms with E-state index in [-0.39, 0.29) is 10.5 Å². The summed E-state index contributed by atoms with van der Waals surface area (Å²) in [5.41, 5.74) is 2.84. The molecule has 1 fully saturated rings. The molecular weight excluding hydrogens is 562 g/mol. The van der Waals surface area contributed by atoms with Crippen molar-refractivity contribution < 1.29 is 38.2 Å². The average Bonchev–Trinajstić information content (AvgIpc) is 3.24. The molecule has 0 unspecified atom stereocenters. The fraction of sp³-hybridized carbons (Fsp3) is 0.167. The van der Waals surface area contributed by atoms with E-state index in [9.17, 15) is 24.0 Å². The second-order valence-electron chi connectivity index (χ2n) is 9.29. The molecule has 5 rings (SSSR count). The Labute approximate surface area is 244 Å². The first kappa shape index (κ1) is 28.4. The number of ether oxygens (including phenoxy) is 3. The summed E-state index contributed by atoms with van der Waals surface area (Å²) in [5.74, 6) is -1.25. The van der Waals surface area contributed by atoms with Crippen LogP contribution in [-0.4, -0.2) is 60.2 Å². The molecule has 0 spiro atoms. The van der Waals surface area contributed by atoms with Gasteiger partial charge in [0.25, 0.3) is 17.1 Å². The summed E-state index contributed by atoms with van der Waals surface area (Å²) in [7, 11) is 0. The quantitative estimate of drug-likeness (QED) is 0.293. The van der Waals surface area contributed by atoms with Gasteiger partial charge in [0.15, 0.2) is 18.1 Å². The maximum Gasteiger partial charge on any atom is 0.338 e. The Morgan fingerprint density at radius 1 is 0.881 bits per heavy atom. The van der Waals surface area contributed by atoms with Gasteiger partial charge in [-0.1, -0.05) is 29.8 Å². The van der Waals surface area contributed by atoms with E-state index in [0.29, 0.717) is 53.4 Å². The van der Waals surface area contributed by atoms with E-state index in [1.54, 1.807) is 42.5 Å². The van der Waals surface area contributed by atoms with Crippen molar-refractivity contribution in [2.75, 3.05) is 37.0 Å². The van der Waals surface area contributed by atoms with Gasteiger partial charge in [-0.3, -0.25) is 24.1 Å². The number of carbonyl (C=O) groups is 5. The predicted molar refractivity (Wildman–Crippen MR) is 155 cm³/mol. The van der Waals surface area contributed by atoms with E-state index in [2.05, 4.69) is 10.6 Å². The van der Waals surface area contributed by atoms with Gasteiger partial charge in [-0.15, -0.1) is 0 Å². The van der Waals surface area contributed by atoms with Crippen molar-refractivity contribution in [2.45, 2.75) is 6.92 Å². The largest absolute Gasteiger partial charge is 0.486 e. The Balaban J connectivity index is 1.13. The number of nitrogens with one attached hydrogen (secondary N) is 2. The second-order valence-corrected chi connectivity index (χ2v) is 10.3. The summed E-state index contributed by atoms with van der Waals surface area (Å²) in [6.45, 7) is 1.86. The molecule has 2 heterocycles. The number of benzene rings is 3.